The van der Waals surface area contributed by atoms with Gasteiger partial charge in [-0.15, -0.1) is 11.3 Å². The summed E-state index contributed by atoms with van der Waals surface area (Å²) in [6, 6.07) is 15.3. The molecule has 0 bridgehead atoms. The number of hydrogen-bond donors (Lipinski definition) is 1. The van der Waals surface area contributed by atoms with E-state index in [1.54, 1.807) is 19.2 Å². The minimum atomic E-state index is -0.435. The Labute approximate surface area is 153 Å². The topological polar surface area (TPSA) is 64.4 Å². The number of rotatable bonds is 4. The van der Waals surface area contributed by atoms with Gasteiger partial charge in [-0.2, -0.15) is 0 Å². The van der Waals surface area contributed by atoms with Crippen molar-refractivity contribution in [1.29, 1.82) is 0 Å². The van der Waals surface area contributed by atoms with Gasteiger partial charge in [0.1, 0.15) is 0 Å². The average Bonchev–Trinajstić information content (AvgIpc) is 3.11. The maximum absolute atomic E-state index is 12.4. The van der Waals surface area contributed by atoms with Crippen LogP contribution in [0.25, 0.3) is 22.2 Å². The Morgan fingerprint density at radius 3 is 2.81 bits per heavy atom. The van der Waals surface area contributed by atoms with Crippen LogP contribution in [0.1, 0.15) is 5.56 Å². The number of benzene rings is 2. The number of nitrogens with zero attached hydrogens (tertiary/aromatic N) is 1. The number of hydrogen-bond acceptors (Lipinski definition) is 6. The van der Waals surface area contributed by atoms with E-state index in [9.17, 15) is 4.79 Å². The van der Waals surface area contributed by atoms with Gasteiger partial charge in [-0.25, -0.2) is 9.78 Å². The summed E-state index contributed by atoms with van der Waals surface area (Å²) in [6.07, 6.45) is 0. The van der Waals surface area contributed by atoms with E-state index in [-0.39, 0.29) is 0 Å². The van der Waals surface area contributed by atoms with Crippen LogP contribution in [0.4, 0.5) is 10.8 Å². The van der Waals surface area contributed by atoms with Gasteiger partial charge in [0.15, 0.2) is 16.5 Å². The minimum Gasteiger partial charge on any atom is -0.493 e. The highest BCUT2D eigenvalue weighted by Crippen LogP contribution is 2.30. The van der Waals surface area contributed by atoms with Gasteiger partial charge in [-0.1, -0.05) is 30.3 Å². The van der Waals surface area contributed by atoms with E-state index < -0.39 is 5.63 Å². The van der Waals surface area contributed by atoms with Crippen LogP contribution in [0.2, 0.25) is 0 Å². The van der Waals surface area contributed by atoms with Crippen molar-refractivity contribution in [2.45, 2.75) is 6.92 Å². The summed E-state index contributed by atoms with van der Waals surface area (Å²) in [6.45, 7) is 2.03. The van der Waals surface area contributed by atoms with Crippen molar-refractivity contribution in [2.24, 2.45) is 0 Å². The molecule has 5 nitrogen and oxygen atoms in total. The zero-order valence-corrected chi connectivity index (χ0v) is 15.1. The predicted molar refractivity (Wildman–Crippen MR) is 105 cm³/mol. The van der Waals surface area contributed by atoms with Crippen molar-refractivity contribution in [3.8, 4) is 17.0 Å². The van der Waals surface area contributed by atoms with Gasteiger partial charge in [0.25, 0.3) is 0 Å². The molecule has 2 heterocycles. The maximum Gasteiger partial charge on any atom is 0.345 e. The summed E-state index contributed by atoms with van der Waals surface area (Å²) in [5, 5.41) is 6.65. The van der Waals surface area contributed by atoms with Crippen LogP contribution in [-0.4, -0.2) is 12.1 Å². The van der Waals surface area contributed by atoms with Crippen LogP contribution in [0.5, 0.6) is 5.75 Å². The number of methoxy groups -OCH3 is 1. The van der Waals surface area contributed by atoms with Crippen molar-refractivity contribution >= 4 is 33.1 Å². The Hall–Kier alpha value is -3.12. The van der Waals surface area contributed by atoms with Gasteiger partial charge >= 0.3 is 5.63 Å². The van der Waals surface area contributed by atoms with Gasteiger partial charge in [0.2, 0.25) is 0 Å². The first-order valence-corrected chi connectivity index (χ1v) is 8.93. The lowest BCUT2D eigenvalue weighted by atomic mass is 10.1. The molecular weight excluding hydrogens is 348 g/mol. The third kappa shape index (κ3) is 2.95. The van der Waals surface area contributed by atoms with Gasteiger partial charge in [-0.05, 0) is 30.7 Å². The van der Waals surface area contributed by atoms with Crippen LogP contribution in [-0.2, 0) is 0 Å². The second kappa shape index (κ2) is 6.65. The molecule has 6 heteroatoms. The number of aromatic nitrogens is 1. The number of thiazole rings is 1. The Balaban J connectivity index is 1.73. The van der Waals surface area contributed by atoms with Gasteiger partial charge in [0, 0.05) is 16.5 Å². The standard InChI is InChI=1S/C20H16N2O3S/c1-12-6-3-4-8-15(12)21-20-22-16(11-26-20)14-10-13-7-5-9-17(24-2)18(13)25-19(14)23/h3-11H,1-2H3,(H,21,22). The highest BCUT2D eigenvalue weighted by molar-refractivity contribution is 7.14. The number of nitrogens with one attached hydrogen (secondary N) is 1. The second-order valence-corrected chi connectivity index (χ2v) is 6.66. The van der Waals surface area contributed by atoms with E-state index in [2.05, 4.69) is 10.3 Å². The normalized spacial score (nSPS) is 10.8. The summed E-state index contributed by atoms with van der Waals surface area (Å²) in [7, 11) is 1.55. The number of aryl methyl sites for hydroxylation is 1. The van der Waals surface area contributed by atoms with E-state index in [1.165, 1.54) is 11.3 Å². The van der Waals surface area contributed by atoms with Crippen molar-refractivity contribution < 1.29 is 9.15 Å². The lowest BCUT2D eigenvalue weighted by molar-refractivity contribution is 0.407. The minimum absolute atomic E-state index is 0.430. The largest absolute Gasteiger partial charge is 0.493 e. The molecule has 1 N–H and O–H groups in total. The number of anilines is 2. The van der Waals surface area contributed by atoms with Gasteiger partial charge < -0.3 is 14.5 Å². The lowest BCUT2D eigenvalue weighted by Crippen LogP contribution is -2.03. The molecule has 0 radical (unpaired) electrons. The molecule has 0 unspecified atom stereocenters. The number of ether oxygens (including phenoxy) is 1. The fourth-order valence-corrected chi connectivity index (χ4v) is 3.46. The molecule has 0 amide bonds. The second-order valence-electron chi connectivity index (χ2n) is 5.80. The van der Waals surface area contributed by atoms with Crippen LogP contribution in [0, 0.1) is 6.92 Å². The maximum atomic E-state index is 12.4. The quantitative estimate of drug-likeness (QED) is 0.518. The summed E-state index contributed by atoms with van der Waals surface area (Å²) in [5.41, 5.74) is 3.14. The Morgan fingerprint density at radius 2 is 2.00 bits per heavy atom. The van der Waals surface area contributed by atoms with Crippen LogP contribution >= 0.6 is 11.3 Å². The van der Waals surface area contributed by atoms with Crippen molar-refractivity contribution in [1.82, 2.24) is 4.98 Å². The number of para-hydroxylation sites is 2. The summed E-state index contributed by atoms with van der Waals surface area (Å²) in [5.74, 6) is 0.534. The average molecular weight is 364 g/mol. The SMILES string of the molecule is COc1cccc2cc(-c3csc(Nc4ccccc4C)n3)c(=O)oc12. The lowest BCUT2D eigenvalue weighted by Gasteiger charge is -2.06. The molecule has 0 aliphatic carbocycles. The van der Waals surface area contributed by atoms with Crippen molar-refractivity contribution in [2.75, 3.05) is 12.4 Å². The summed E-state index contributed by atoms with van der Waals surface area (Å²) >= 11 is 1.44. The molecule has 2 aromatic carbocycles. The first kappa shape index (κ1) is 16.4. The zero-order chi connectivity index (χ0) is 18.1. The van der Waals surface area contributed by atoms with E-state index in [0.717, 1.165) is 21.8 Å². The molecule has 0 fully saturated rings. The van der Waals surface area contributed by atoms with Crippen LogP contribution in [0.15, 0.2) is 63.1 Å². The molecule has 0 atom stereocenters. The Kier molecular flexibility index (Phi) is 4.18. The fraction of sp³-hybridized carbons (Fsp3) is 0.100. The zero-order valence-electron chi connectivity index (χ0n) is 14.3. The summed E-state index contributed by atoms with van der Waals surface area (Å²) < 4.78 is 10.7. The molecule has 0 aliphatic rings. The molecule has 0 spiro atoms. The van der Waals surface area contributed by atoms with Crippen LogP contribution in [0.3, 0.4) is 0 Å². The molecule has 0 saturated heterocycles. The Morgan fingerprint density at radius 1 is 1.15 bits per heavy atom. The molecule has 4 aromatic rings. The monoisotopic (exact) mass is 364 g/mol. The highest BCUT2D eigenvalue weighted by atomic mass is 32.1. The molecule has 26 heavy (non-hydrogen) atoms. The third-order valence-corrected chi connectivity index (χ3v) is 4.87. The van der Waals surface area contributed by atoms with Crippen molar-refractivity contribution in [3.63, 3.8) is 0 Å². The van der Waals surface area contributed by atoms with Crippen LogP contribution < -0.4 is 15.7 Å². The third-order valence-electron chi connectivity index (χ3n) is 4.11. The first-order valence-electron chi connectivity index (χ1n) is 8.05. The molecular formula is C20H16N2O3S. The molecule has 0 saturated carbocycles. The van der Waals surface area contributed by atoms with Crippen molar-refractivity contribution in [3.05, 3.63) is 69.9 Å². The molecule has 4 rings (SSSR count). The number of fused-ring (bicyclic) bond motifs is 1. The van der Waals surface area contributed by atoms with E-state index in [4.69, 9.17) is 9.15 Å². The fourth-order valence-electron chi connectivity index (χ4n) is 2.74. The highest BCUT2D eigenvalue weighted by Gasteiger charge is 2.14. The van der Waals surface area contributed by atoms with E-state index in [0.29, 0.717) is 22.6 Å². The smallest absolute Gasteiger partial charge is 0.345 e. The molecule has 0 aliphatic heterocycles. The summed E-state index contributed by atoms with van der Waals surface area (Å²) in [4.78, 5) is 17.0. The van der Waals surface area contributed by atoms with Gasteiger partial charge in [-0.3, -0.25) is 0 Å². The van der Waals surface area contributed by atoms with E-state index in [1.807, 2.05) is 48.7 Å². The predicted octanol–water partition coefficient (Wildman–Crippen LogP) is 4.98. The molecule has 130 valence electrons. The van der Waals surface area contributed by atoms with Gasteiger partial charge in [0.05, 0.1) is 18.4 Å². The molecule has 2 aromatic heterocycles. The van der Waals surface area contributed by atoms with E-state index >= 15 is 0 Å². The Bertz CT molecular complexity index is 1150. The first-order chi connectivity index (χ1) is 12.7.